The Kier molecular flexibility index (Phi) is 2.71. The van der Waals surface area contributed by atoms with Crippen molar-refractivity contribution >= 4 is 0 Å². The topological polar surface area (TPSA) is 12.0 Å². The first-order valence-electron chi connectivity index (χ1n) is 7.69. The molecule has 1 atom stereocenters. The van der Waals surface area contributed by atoms with Crippen molar-refractivity contribution in [1.29, 1.82) is 0 Å². The van der Waals surface area contributed by atoms with Crippen LogP contribution in [0.15, 0.2) is 42.5 Å². The molecule has 4 rings (SSSR count). The Morgan fingerprint density at radius 3 is 2.70 bits per heavy atom. The third-order valence-electron chi connectivity index (χ3n) is 5.09. The van der Waals surface area contributed by atoms with Gasteiger partial charge in [-0.15, -0.1) is 0 Å². The zero-order valence-corrected chi connectivity index (χ0v) is 12.1. The Balaban J connectivity index is 1.75. The predicted octanol–water partition coefficient (Wildman–Crippen LogP) is 3.90. The van der Waals surface area contributed by atoms with Crippen molar-refractivity contribution in [3.63, 3.8) is 0 Å². The monoisotopic (exact) mass is 263 g/mol. The molecule has 0 amide bonds. The number of piperidine rings is 1. The van der Waals surface area contributed by atoms with E-state index >= 15 is 0 Å². The molecule has 2 aliphatic rings. The molecule has 1 aliphatic heterocycles. The van der Waals surface area contributed by atoms with Crippen LogP contribution in [-0.2, 0) is 11.8 Å². The SMILES string of the molecule is CC1(c2ccc3c(c2)Cc2ccccc2-3)CCCNC1. The second-order valence-corrected chi connectivity index (χ2v) is 6.55. The van der Waals surface area contributed by atoms with Crippen molar-refractivity contribution in [2.24, 2.45) is 0 Å². The fourth-order valence-electron chi connectivity index (χ4n) is 3.82. The summed E-state index contributed by atoms with van der Waals surface area (Å²) in [5.41, 5.74) is 7.68. The van der Waals surface area contributed by atoms with E-state index in [1.165, 1.54) is 47.2 Å². The smallest absolute Gasteiger partial charge is 0.00501 e. The molecule has 2 aromatic rings. The maximum absolute atomic E-state index is 3.56. The molecule has 1 saturated heterocycles. The maximum atomic E-state index is 3.56. The van der Waals surface area contributed by atoms with Crippen LogP contribution < -0.4 is 5.32 Å². The molecule has 1 N–H and O–H groups in total. The summed E-state index contributed by atoms with van der Waals surface area (Å²) in [6, 6.07) is 16.0. The van der Waals surface area contributed by atoms with Gasteiger partial charge in [0.05, 0.1) is 0 Å². The normalized spacial score (nSPS) is 24.2. The van der Waals surface area contributed by atoms with E-state index in [0.717, 1.165) is 13.0 Å². The lowest BCUT2D eigenvalue weighted by molar-refractivity contribution is 0.339. The van der Waals surface area contributed by atoms with Crippen molar-refractivity contribution in [2.45, 2.75) is 31.6 Å². The van der Waals surface area contributed by atoms with Gasteiger partial charge in [-0.05, 0) is 53.6 Å². The van der Waals surface area contributed by atoms with Crippen molar-refractivity contribution < 1.29 is 0 Å². The fourth-order valence-corrected chi connectivity index (χ4v) is 3.82. The second-order valence-electron chi connectivity index (χ2n) is 6.55. The summed E-state index contributed by atoms with van der Waals surface area (Å²) < 4.78 is 0. The quantitative estimate of drug-likeness (QED) is 0.702. The van der Waals surface area contributed by atoms with Crippen LogP contribution in [0.4, 0.5) is 0 Å². The summed E-state index contributed by atoms with van der Waals surface area (Å²) in [6.07, 6.45) is 3.68. The highest BCUT2D eigenvalue weighted by Gasteiger charge is 2.30. The number of hydrogen-bond acceptors (Lipinski definition) is 1. The summed E-state index contributed by atoms with van der Waals surface area (Å²) in [7, 11) is 0. The Labute approximate surface area is 121 Å². The van der Waals surface area contributed by atoms with E-state index in [2.05, 4.69) is 54.7 Å². The van der Waals surface area contributed by atoms with Crippen LogP contribution in [0.2, 0.25) is 0 Å². The molecule has 1 heteroatoms. The van der Waals surface area contributed by atoms with E-state index in [-0.39, 0.29) is 0 Å². The van der Waals surface area contributed by atoms with Crippen molar-refractivity contribution in [1.82, 2.24) is 5.32 Å². The molecule has 0 spiro atoms. The molecule has 0 aromatic heterocycles. The number of rotatable bonds is 1. The lowest BCUT2D eigenvalue weighted by Gasteiger charge is -2.35. The number of benzene rings is 2. The van der Waals surface area contributed by atoms with Crippen LogP contribution in [0.3, 0.4) is 0 Å². The van der Waals surface area contributed by atoms with E-state index in [1.54, 1.807) is 0 Å². The second kappa shape index (κ2) is 4.46. The molecule has 1 unspecified atom stereocenters. The molecule has 1 heterocycles. The van der Waals surface area contributed by atoms with Crippen LogP contribution in [0.1, 0.15) is 36.5 Å². The molecule has 1 nitrogen and oxygen atoms in total. The molecule has 1 fully saturated rings. The van der Waals surface area contributed by atoms with E-state index < -0.39 is 0 Å². The van der Waals surface area contributed by atoms with Crippen molar-refractivity contribution in [2.75, 3.05) is 13.1 Å². The van der Waals surface area contributed by atoms with Crippen LogP contribution in [0.5, 0.6) is 0 Å². The van der Waals surface area contributed by atoms with Gasteiger partial charge in [0.15, 0.2) is 0 Å². The van der Waals surface area contributed by atoms with Crippen LogP contribution in [0.25, 0.3) is 11.1 Å². The van der Waals surface area contributed by atoms with Crippen molar-refractivity contribution in [3.05, 3.63) is 59.2 Å². The maximum Gasteiger partial charge on any atom is 0.00501 e. The average molecular weight is 263 g/mol. The van der Waals surface area contributed by atoms with E-state index in [1.807, 2.05) is 0 Å². The minimum atomic E-state index is 0.308. The number of hydrogen-bond donors (Lipinski definition) is 1. The standard InChI is InChI=1S/C19H21N/c1-19(9-4-10-20-13-19)16-7-8-18-15(12-16)11-14-5-2-3-6-17(14)18/h2-3,5-8,12,20H,4,9-11,13H2,1H3. The molecule has 20 heavy (non-hydrogen) atoms. The van der Waals surface area contributed by atoms with Gasteiger partial charge in [-0.25, -0.2) is 0 Å². The van der Waals surface area contributed by atoms with Crippen LogP contribution >= 0.6 is 0 Å². The first kappa shape index (κ1) is 12.2. The highest BCUT2D eigenvalue weighted by molar-refractivity contribution is 5.77. The van der Waals surface area contributed by atoms with Gasteiger partial charge in [0.25, 0.3) is 0 Å². The summed E-state index contributed by atoms with van der Waals surface area (Å²) >= 11 is 0. The van der Waals surface area contributed by atoms with Crippen molar-refractivity contribution in [3.8, 4) is 11.1 Å². The first-order valence-corrected chi connectivity index (χ1v) is 7.69. The summed E-state index contributed by atoms with van der Waals surface area (Å²) in [5.74, 6) is 0. The molecule has 0 radical (unpaired) electrons. The van der Waals surface area contributed by atoms with Crippen LogP contribution in [-0.4, -0.2) is 13.1 Å². The van der Waals surface area contributed by atoms with E-state index in [4.69, 9.17) is 0 Å². The van der Waals surface area contributed by atoms with Gasteiger partial charge in [0.1, 0.15) is 0 Å². The minimum Gasteiger partial charge on any atom is -0.316 e. The largest absolute Gasteiger partial charge is 0.316 e. The fraction of sp³-hybridized carbons (Fsp3) is 0.368. The third-order valence-corrected chi connectivity index (χ3v) is 5.09. The molecule has 2 aromatic carbocycles. The summed E-state index contributed by atoms with van der Waals surface area (Å²) in [6.45, 7) is 4.69. The van der Waals surface area contributed by atoms with Gasteiger partial charge in [-0.1, -0.05) is 49.4 Å². The van der Waals surface area contributed by atoms with Gasteiger partial charge in [-0.3, -0.25) is 0 Å². The van der Waals surface area contributed by atoms with Crippen LogP contribution in [0, 0.1) is 0 Å². The Bertz CT molecular complexity index is 651. The lowest BCUT2D eigenvalue weighted by Crippen LogP contribution is -2.41. The zero-order valence-electron chi connectivity index (χ0n) is 12.1. The van der Waals surface area contributed by atoms with Gasteiger partial charge in [-0.2, -0.15) is 0 Å². The van der Waals surface area contributed by atoms with Gasteiger partial charge in [0, 0.05) is 12.0 Å². The highest BCUT2D eigenvalue weighted by atomic mass is 14.9. The molecule has 0 bridgehead atoms. The Morgan fingerprint density at radius 1 is 1.00 bits per heavy atom. The van der Waals surface area contributed by atoms with E-state index in [0.29, 0.717) is 5.41 Å². The Hall–Kier alpha value is -1.60. The average Bonchev–Trinajstić information content (AvgIpc) is 2.85. The molecule has 1 aliphatic carbocycles. The predicted molar refractivity (Wildman–Crippen MR) is 84.1 cm³/mol. The van der Waals surface area contributed by atoms with Gasteiger partial charge < -0.3 is 5.32 Å². The number of nitrogens with one attached hydrogen (secondary N) is 1. The lowest BCUT2D eigenvalue weighted by atomic mass is 9.76. The minimum absolute atomic E-state index is 0.308. The molecule has 102 valence electrons. The zero-order chi connectivity index (χ0) is 13.6. The number of fused-ring (bicyclic) bond motifs is 3. The Morgan fingerprint density at radius 2 is 1.85 bits per heavy atom. The third kappa shape index (κ3) is 1.81. The highest BCUT2D eigenvalue weighted by Crippen LogP contribution is 2.39. The first-order chi connectivity index (χ1) is 9.76. The molecule has 0 saturated carbocycles. The van der Waals surface area contributed by atoms with E-state index in [9.17, 15) is 0 Å². The molecular weight excluding hydrogens is 242 g/mol. The van der Waals surface area contributed by atoms with Gasteiger partial charge in [0.2, 0.25) is 0 Å². The molecular formula is C19H21N. The van der Waals surface area contributed by atoms with Gasteiger partial charge >= 0.3 is 0 Å². The summed E-state index contributed by atoms with van der Waals surface area (Å²) in [5, 5.41) is 3.56. The summed E-state index contributed by atoms with van der Waals surface area (Å²) in [4.78, 5) is 0.